The van der Waals surface area contributed by atoms with Crippen LogP contribution in [0.15, 0.2) is 0 Å². The second-order valence-corrected chi connectivity index (χ2v) is 5.35. The minimum absolute atomic E-state index is 0.0490. The number of piperidine rings is 1. The van der Waals surface area contributed by atoms with Crippen molar-refractivity contribution in [1.29, 1.82) is 0 Å². The van der Waals surface area contributed by atoms with Gasteiger partial charge < -0.3 is 15.5 Å². The molecular formula is C13H23N3O2. The highest BCUT2D eigenvalue weighted by Crippen LogP contribution is 2.24. The molecule has 0 aliphatic carbocycles. The highest BCUT2D eigenvalue weighted by atomic mass is 16.2. The van der Waals surface area contributed by atoms with Gasteiger partial charge in [-0.2, -0.15) is 0 Å². The highest BCUT2D eigenvalue weighted by molar-refractivity contribution is 5.83. The maximum absolute atomic E-state index is 12.0. The van der Waals surface area contributed by atoms with Crippen LogP contribution in [-0.4, -0.2) is 48.9 Å². The zero-order valence-electron chi connectivity index (χ0n) is 11.1. The van der Waals surface area contributed by atoms with Crippen molar-refractivity contribution in [2.75, 3.05) is 26.2 Å². The zero-order chi connectivity index (χ0) is 13.0. The molecule has 0 spiro atoms. The number of likely N-dealkylation sites (tertiary alicyclic amines) is 1. The van der Waals surface area contributed by atoms with E-state index in [2.05, 4.69) is 10.6 Å². The predicted octanol–water partition coefficient (Wildman–Crippen LogP) is 0.113. The quantitative estimate of drug-likeness (QED) is 0.750. The highest BCUT2D eigenvalue weighted by Gasteiger charge is 2.30. The van der Waals surface area contributed by atoms with Crippen LogP contribution in [0.1, 0.15) is 32.6 Å². The Hall–Kier alpha value is -1.10. The minimum atomic E-state index is -0.144. The van der Waals surface area contributed by atoms with Gasteiger partial charge in [-0.15, -0.1) is 0 Å². The number of amides is 2. The van der Waals surface area contributed by atoms with Crippen LogP contribution in [0.5, 0.6) is 0 Å². The summed E-state index contributed by atoms with van der Waals surface area (Å²) in [5, 5.41) is 6.11. The molecule has 2 heterocycles. The second kappa shape index (κ2) is 6.18. The molecule has 18 heavy (non-hydrogen) atoms. The van der Waals surface area contributed by atoms with Crippen LogP contribution < -0.4 is 10.6 Å². The number of hydrogen-bond acceptors (Lipinski definition) is 3. The van der Waals surface area contributed by atoms with Crippen molar-refractivity contribution in [3.8, 4) is 0 Å². The number of carbonyl (C=O) groups is 2. The van der Waals surface area contributed by atoms with Crippen LogP contribution in [0, 0.1) is 5.92 Å². The molecule has 0 aromatic carbocycles. The molecule has 2 amide bonds. The number of nitrogens with one attached hydrogen (secondary N) is 2. The van der Waals surface area contributed by atoms with Crippen molar-refractivity contribution < 1.29 is 9.59 Å². The maximum Gasteiger partial charge on any atom is 0.241 e. The molecule has 0 bridgehead atoms. The lowest BCUT2D eigenvalue weighted by Gasteiger charge is -2.35. The maximum atomic E-state index is 12.0. The zero-order valence-corrected chi connectivity index (χ0v) is 11.1. The van der Waals surface area contributed by atoms with Gasteiger partial charge in [-0.25, -0.2) is 0 Å². The summed E-state index contributed by atoms with van der Waals surface area (Å²) < 4.78 is 0. The number of carbonyl (C=O) groups excluding carboxylic acids is 2. The van der Waals surface area contributed by atoms with Crippen molar-refractivity contribution in [2.45, 2.75) is 38.6 Å². The topological polar surface area (TPSA) is 61.4 Å². The second-order valence-electron chi connectivity index (χ2n) is 5.35. The molecule has 2 atom stereocenters. The average Bonchev–Trinajstić information content (AvgIpc) is 2.90. The molecule has 0 radical (unpaired) electrons. The van der Waals surface area contributed by atoms with Gasteiger partial charge >= 0.3 is 0 Å². The summed E-state index contributed by atoms with van der Waals surface area (Å²) in [5.74, 6) is 0.491. The molecule has 2 aliphatic heterocycles. The molecule has 5 heteroatoms. The van der Waals surface area contributed by atoms with Crippen LogP contribution in [0.2, 0.25) is 0 Å². The molecule has 2 saturated heterocycles. The Kier molecular flexibility index (Phi) is 4.58. The number of rotatable bonds is 3. The van der Waals surface area contributed by atoms with Gasteiger partial charge in [0.1, 0.15) is 0 Å². The first-order chi connectivity index (χ1) is 8.66. The van der Waals surface area contributed by atoms with E-state index in [0.29, 0.717) is 12.0 Å². The van der Waals surface area contributed by atoms with Gasteiger partial charge in [0.25, 0.3) is 0 Å². The summed E-state index contributed by atoms with van der Waals surface area (Å²) in [6.45, 7) is 4.37. The van der Waals surface area contributed by atoms with Gasteiger partial charge in [-0.05, 0) is 38.1 Å². The van der Waals surface area contributed by atoms with Crippen molar-refractivity contribution in [3.63, 3.8) is 0 Å². The Morgan fingerprint density at radius 3 is 2.83 bits per heavy atom. The van der Waals surface area contributed by atoms with E-state index in [9.17, 15) is 9.59 Å². The van der Waals surface area contributed by atoms with E-state index in [1.165, 1.54) is 26.2 Å². The van der Waals surface area contributed by atoms with E-state index in [1.54, 1.807) is 0 Å². The van der Waals surface area contributed by atoms with Crippen molar-refractivity contribution in [3.05, 3.63) is 0 Å². The standard InChI is InChI=1S/C13H23N3O2/c1-10(17)15-8-13(18)16-7-3-4-11(9-16)12-5-2-6-14-12/h11-12,14H,2-9H2,1H3,(H,15,17). The lowest BCUT2D eigenvalue weighted by molar-refractivity contribution is -0.134. The van der Waals surface area contributed by atoms with Gasteiger partial charge in [0.15, 0.2) is 0 Å². The molecule has 2 aliphatic rings. The smallest absolute Gasteiger partial charge is 0.241 e. The van der Waals surface area contributed by atoms with Gasteiger partial charge in [0.2, 0.25) is 11.8 Å². The monoisotopic (exact) mass is 253 g/mol. The lowest BCUT2D eigenvalue weighted by atomic mass is 9.90. The third-order valence-electron chi connectivity index (χ3n) is 3.97. The van der Waals surface area contributed by atoms with Crippen molar-refractivity contribution in [2.24, 2.45) is 5.92 Å². The summed E-state index contributed by atoms with van der Waals surface area (Å²) in [7, 11) is 0. The summed E-state index contributed by atoms with van der Waals surface area (Å²) in [5.41, 5.74) is 0. The van der Waals surface area contributed by atoms with Crippen LogP contribution in [0.4, 0.5) is 0 Å². The van der Waals surface area contributed by atoms with E-state index in [1.807, 2.05) is 4.90 Å². The van der Waals surface area contributed by atoms with Gasteiger partial charge in [-0.1, -0.05) is 0 Å². The Morgan fingerprint density at radius 2 is 2.17 bits per heavy atom. The number of nitrogens with zero attached hydrogens (tertiary/aromatic N) is 1. The van der Waals surface area contributed by atoms with E-state index < -0.39 is 0 Å². The molecular weight excluding hydrogens is 230 g/mol. The molecule has 2 rings (SSSR count). The molecule has 2 fully saturated rings. The van der Waals surface area contributed by atoms with Gasteiger partial charge in [0.05, 0.1) is 6.54 Å². The lowest BCUT2D eigenvalue weighted by Crippen LogP contribution is -2.48. The molecule has 5 nitrogen and oxygen atoms in total. The van der Waals surface area contributed by atoms with Crippen molar-refractivity contribution in [1.82, 2.24) is 15.5 Å². The Labute approximate surface area is 108 Å². The van der Waals surface area contributed by atoms with E-state index in [4.69, 9.17) is 0 Å². The van der Waals surface area contributed by atoms with Gasteiger partial charge in [0, 0.05) is 26.1 Å². The summed E-state index contributed by atoms with van der Waals surface area (Å²) in [6, 6.07) is 0.585. The third-order valence-corrected chi connectivity index (χ3v) is 3.97. The van der Waals surface area contributed by atoms with Crippen LogP contribution >= 0.6 is 0 Å². The average molecular weight is 253 g/mol. The van der Waals surface area contributed by atoms with E-state index in [-0.39, 0.29) is 18.4 Å². The van der Waals surface area contributed by atoms with Crippen LogP contribution in [0.25, 0.3) is 0 Å². The van der Waals surface area contributed by atoms with E-state index >= 15 is 0 Å². The molecule has 0 saturated carbocycles. The largest absolute Gasteiger partial charge is 0.347 e. The molecule has 0 aromatic rings. The molecule has 0 aromatic heterocycles. The summed E-state index contributed by atoms with van der Waals surface area (Å²) >= 11 is 0. The molecule has 2 N–H and O–H groups in total. The first kappa shape index (κ1) is 13.3. The first-order valence-corrected chi connectivity index (χ1v) is 6.92. The molecule has 2 unspecified atom stereocenters. The van der Waals surface area contributed by atoms with Crippen LogP contribution in [0.3, 0.4) is 0 Å². The first-order valence-electron chi connectivity index (χ1n) is 6.92. The fraction of sp³-hybridized carbons (Fsp3) is 0.846. The predicted molar refractivity (Wildman–Crippen MR) is 69.0 cm³/mol. The molecule has 102 valence electrons. The fourth-order valence-electron chi connectivity index (χ4n) is 2.99. The SMILES string of the molecule is CC(=O)NCC(=O)N1CCCC(C2CCCN2)C1. The summed E-state index contributed by atoms with van der Waals surface area (Å²) in [6.07, 6.45) is 4.77. The Bertz CT molecular complexity index is 313. The summed E-state index contributed by atoms with van der Waals surface area (Å²) in [4.78, 5) is 24.7. The fourth-order valence-corrected chi connectivity index (χ4v) is 2.99. The van der Waals surface area contributed by atoms with Gasteiger partial charge in [-0.3, -0.25) is 9.59 Å². The van der Waals surface area contributed by atoms with E-state index in [0.717, 1.165) is 26.1 Å². The van der Waals surface area contributed by atoms with Crippen LogP contribution in [-0.2, 0) is 9.59 Å². The minimum Gasteiger partial charge on any atom is -0.347 e. The third kappa shape index (κ3) is 3.45. The Balaban J connectivity index is 1.81. The van der Waals surface area contributed by atoms with Crippen molar-refractivity contribution >= 4 is 11.8 Å². The Morgan fingerprint density at radius 1 is 1.33 bits per heavy atom. The normalized spacial score (nSPS) is 28.2. The number of hydrogen-bond donors (Lipinski definition) is 2.